The minimum Gasteiger partial charge on any atom is -0.467 e. The fourth-order valence-electron chi connectivity index (χ4n) is 3.06. The highest BCUT2D eigenvalue weighted by atomic mass is 35.5. The van der Waals surface area contributed by atoms with E-state index < -0.39 is 17.2 Å². The van der Waals surface area contributed by atoms with Crippen LogP contribution < -0.4 is 16.6 Å². The average molecular weight is 430 g/mol. The van der Waals surface area contributed by atoms with Crippen molar-refractivity contribution in [3.63, 3.8) is 0 Å². The van der Waals surface area contributed by atoms with E-state index in [2.05, 4.69) is 5.32 Å². The number of thiophene rings is 1. The van der Waals surface area contributed by atoms with Crippen molar-refractivity contribution in [2.45, 2.75) is 20.0 Å². The van der Waals surface area contributed by atoms with E-state index in [4.69, 9.17) is 16.0 Å². The molecule has 0 unspecified atom stereocenters. The van der Waals surface area contributed by atoms with Crippen molar-refractivity contribution in [2.75, 3.05) is 5.32 Å². The van der Waals surface area contributed by atoms with Crippen LogP contribution in [0.15, 0.2) is 62.0 Å². The number of furan rings is 1. The predicted octanol–water partition coefficient (Wildman–Crippen LogP) is 3.47. The van der Waals surface area contributed by atoms with E-state index >= 15 is 0 Å². The summed E-state index contributed by atoms with van der Waals surface area (Å²) in [5.74, 6) is 0.0822. The molecule has 4 rings (SSSR count). The molecule has 29 heavy (non-hydrogen) atoms. The molecule has 3 aromatic heterocycles. The SMILES string of the molecule is Cc1c(Cl)cccc1NC(=O)Cn1c(=O)n(Cc2ccco2)c(=O)c2sccc21. The van der Waals surface area contributed by atoms with E-state index in [1.807, 2.05) is 0 Å². The maximum Gasteiger partial charge on any atom is 0.332 e. The molecule has 148 valence electrons. The summed E-state index contributed by atoms with van der Waals surface area (Å²) >= 11 is 7.33. The van der Waals surface area contributed by atoms with Crippen LogP contribution in [0.5, 0.6) is 0 Å². The van der Waals surface area contributed by atoms with Gasteiger partial charge in [-0.25, -0.2) is 4.79 Å². The number of nitrogens with zero attached hydrogens (tertiary/aromatic N) is 2. The summed E-state index contributed by atoms with van der Waals surface area (Å²) < 4.78 is 8.05. The zero-order chi connectivity index (χ0) is 20.5. The van der Waals surface area contributed by atoms with E-state index in [9.17, 15) is 14.4 Å². The van der Waals surface area contributed by atoms with Gasteiger partial charge in [-0.3, -0.25) is 18.7 Å². The molecule has 0 spiro atoms. The summed E-state index contributed by atoms with van der Waals surface area (Å²) in [5, 5.41) is 5.03. The first-order chi connectivity index (χ1) is 14.0. The Balaban J connectivity index is 1.72. The minimum absolute atomic E-state index is 0.00642. The molecule has 0 saturated carbocycles. The van der Waals surface area contributed by atoms with Crippen molar-refractivity contribution in [3.05, 3.63) is 85.2 Å². The molecule has 1 aromatic carbocycles. The molecule has 0 aliphatic rings. The number of fused-ring (bicyclic) bond motifs is 1. The smallest absolute Gasteiger partial charge is 0.332 e. The third-order valence-electron chi connectivity index (χ3n) is 4.57. The molecule has 0 aliphatic heterocycles. The topological polar surface area (TPSA) is 86.2 Å². The maximum atomic E-state index is 13.0. The van der Waals surface area contributed by atoms with Crippen molar-refractivity contribution >= 4 is 44.7 Å². The molecule has 4 aromatic rings. The van der Waals surface area contributed by atoms with Crippen LogP contribution in [0.4, 0.5) is 5.69 Å². The summed E-state index contributed by atoms with van der Waals surface area (Å²) in [6, 6.07) is 10.2. The molecule has 0 fully saturated rings. The van der Waals surface area contributed by atoms with E-state index in [1.165, 1.54) is 22.2 Å². The second-order valence-corrected chi connectivity index (χ2v) is 7.76. The van der Waals surface area contributed by atoms with E-state index in [-0.39, 0.29) is 13.1 Å². The Morgan fingerprint density at radius 2 is 2.00 bits per heavy atom. The van der Waals surface area contributed by atoms with Crippen LogP contribution in [-0.4, -0.2) is 15.0 Å². The number of rotatable bonds is 5. The number of benzene rings is 1. The lowest BCUT2D eigenvalue weighted by Gasteiger charge is -2.13. The van der Waals surface area contributed by atoms with Gasteiger partial charge in [0.25, 0.3) is 5.56 Å². The molecular weight excluding hydrogens is 414 g/mol. The first kappa shape index (κ1) is 19.2. The lowest BCUT2D eigenvalue weighted by molar-refractivity contribution is -0.116. The van der Waals surface area contributed by atoms with Crippen molar-refractivity contribution < 1.29 is 9.21 Å². The fourth-order valence-corrected chi connectivity index (χ4v) is 4.08. The standard InChI is InChI=1S/C20H16ClN3O4S/c1-12-14(21)5-2-6-15(12)22-17(25)11-23-16-7-9-29-18(16)19(26)24(20(23)27)10-13-4-3-8-28-13/h2-9H,10-11H2,1H3,(H,22,25). The highest BCUT2D eigenvalue weighted by Gasteiger charge is 2.17. The number of nitrogens with one attached hydrogen (secondary N) is 1. The summed E-state index contributed by atoms with van der Waals surface area (Å²) in [5.41, 5.74) is 0.757. The Morgan fingerprint density at radius 3 is 2.76 bits per heavy atom. The summed E-state index contributed by atoms with van der Waals surface area (Å²) in [6.07, 6.45) is 1.48. The zero-order valence-corrected chi connectivity index (χ0v) is 16.9. The van der Waals surface area contributed by atoms with Gasteiger partial charge in [0.1, 0.15) is 17.0 Å². The number of aromatic nitrogens is 2. The number of amides is 1. The molecule has 0 bridgehead atoms. The number of hydrogen-bond acceptors (Lipinski definition) is 5. The van der Waals surface area contributed by atoms with Crippen LogP contribution in [-0.2, 0) is 17.9 Å². The van der Waals surface area contributed by atoms with Gasteiger partial charge in [0.05, 0.1) is 18.3 Å². The first-order valence-electron chi connectivity index (χ1n) is 8.74. The van der Waals surface area contributed by atoms with Gasteiger partial charge < -0.3 is 9.73 Å². The molecule has 1 N–H and O–H groups in total. The molecule has 1 amide bonds. The number of halogens is 1. The molecule has 0 radical (unpaired) electrons. The van der Waals surface area contributed by atoms with Crippen LogP contribution in [0.3, 0.4) is 0 Å². The third-order valence-corrected chi connectivity index (χ3v) is 5.88. The van der Waals surface area contributed by atoms with E-state index in [1.54, 1.807) is 48.7 Å². The lowest BCUT2D eigenvalue weighted by atomic mass is 10.2. The maximum absolute atomic E-state index is 13.0. The monoisotopic (exact) mass is 429 g/mol. The minimum atomic E-state index is -0.574. The summed E-state index contributed by atoms with van der Waals surface area (Å²) in [4.78, 5) is 38.4. The van der Waals surface area contributed by atoms with Gasteiger partial charge >= 0.3 is 5.69 Å². The molecule has 0 aliphatic carbocycles. The Morgan fingerprint density at radius 1 is 1.17 bits per heavy atom. The molecule has 0 atom stereocenters. The Kier molecular flexibility index (Phi) is 5.12. The lowest BCUT2D eigenvalue weighted by Crippen LogP contribution is -2.41. The summed E-state index contributed by atoms with van der Waals surface area (Å²) in [7, 11) is 0. The van der Waals surface area contributed by atoms with Gasteiger partial charge in [-0.15, -0.1) is 11.3 Å². The second kappa shape index (κ2) is 7.73. The molecule has 7 nitrogen and oxygen atoms in total. The normalized spacial score (nSPS) is 11.1. The van der Waals surface area contributed by atoms with Crippen molar-refractivity contribution in [3.8, 4) is 0 Å². The highest BCUT2D eigenvalue weighted by Crippen LogP contribution is 2.23. The van der Waals surface area contributed by atoms with Gasteiger partial charge in [-0.2, -0.15) is 0 Å². The average Bonchev–Trinajstić information content (AvgIpc) is 3.38. The zero-order valence-electron chi connectivity index (χ0n) is 15.3. The predicted molar refractivity (Wildman–Crippen MR) is 113 cm³/mol. The molecule has 3 heterocycles. The van der Waals surface area contributed by atoms with Crippen molar-refractivity contribution in [1.82, 2.24) is 9.13 Å². The van der Waals surface area contributed by atoms with E-state index in [0.717, 1.165) is 10.1 Å². The van der Waals surface area contributed by atoms with Crippen LogP contribution in [0, 0.1) is 6.92 Å². The van der Waals surface area contributed by atoms with Crippen LogP contribution in [0.25, 0.3) is 10.2 Å². The summed E-state index contributed by atoms with van der Waals surface area (Å²) in [6.45, 7) is 1.55. The fraction of sp³-hybridized carbons (Fsp3) is 0.150. The molecular formula is C20H16ClN3O4S. The first-order valence-corrected chi connectivity index (χ1v) is 9.99. The van der Waals surface area contributed by atoms with Crippen molar-refractivity contribution in [2.24, 2.45) is 0 Å². The Labute approximate surface area is 173 Å². The molecule has 0 saturated heterocycles. The molecule has 9 heteroatoms. The quantitative estimate of drug-likeness (QED) is 0.526. The van der Waals surface area contributed by atoms with Crippen LogP contribution in [0.1, 0.15) is 11.3 Å². The largest absolute Gasteiger partial charge is 0.467 e. The van der Waals surface area contributed by atoms with Gasteiger partial charge in [0.15, 0.2) is 0 Å². The van der Waals surface area contributed by atoms with Gasteiger partial charge in [0, 0.05) is 10.7 Å². The van der Waals surface area contributed by atoms with Gasteiger partial charge in [-0.1, -0.05) is 17.7 Å². The van der Waals surface area contributed by atoms with E-state index in [0.29, 0.717) is 26.7 Å². The number of hydrogen-bond donors (Lipinski definition) is 1. The number of carbonyl (C=O) groups is 1. The van der Waals surface area contributed by atoms with Crippen molar-refractivity contribution in [1.29, 1.82) is 0 Å². The van der Waals surface area contributed by atoms with Gasteiger partial charge in [0.2, 0.25) is 5.91 Å². The Bertz CT molecular complexity index is 1320. The Hall–Kier alpha value is -3.10. The van der Waals surface area contributed by atoms with Gasteiger partial charge in [-0.05, 0) is 48.2 Å². The second-order valence-electron chi connectivity index (χ2n) is 6.43. The third kappa shape index (κ3) is 3.64. The van der Waals surface area contributed by atoms with Crippen LogP contribution >= 0.6 is 22.9 Å². The highest BCUT2D eigenvalue weighted by molar-refractivity contribution is 7.17. The number of anilines is 1. The number of carbonyl (C=O) groups excluding carboxylic acids is 1. The van der Waals surface area contributed by atoms with Crippen LogP contribution in [0.2, 0.25) is 5.02 Å².